The average molecular weight is 873 g/mol. The van der Waals surface area contributed by atoms with Gasteiger partial charge in [0.15, 0.2) is 0 Å². The lowest BCUT2D eigenvalue weighted by atomic mass is 9.98. The number of ether oxygens (including phenoxy) is 3. The quantitative estimate of drug-likeness (QED) is 0.0858. The second-order valence-corrected chi connectivity index (χ2v) is 18.5. The van der Waals surface area contributed by atoms with Crippen LogP contribution in [0.4, 0.5) is 9.59 Å². The summed E-state index contributed by atoms with van der Waals surface area (Å²) in [6.07, 6.45) is 6.97. The number of hydrogen-bond acceptors (Lipinski definition) is 9. The van der Waals surface area contributed by atoms with Gasteiger partial charge in [0.25, 0.3) is 0 Å². The number of rotatable bonds is 14. The third-order valence-corrected chi connectivity index (χ3v) is 13.4. The van der Waals surface area contributed by atoms with Gasteiger partial charge in [-0.1, -0.05) is 76.2 Å². The molecular formula is C49H60N8O7. The fourth-order valence-corrected chi connectivity index (χ4v) is 9.49. The van der Waals surface area contributed by atoms with Crippen molar-refractivity contribution in [2.45, 2.75) is 84.0 Å². The number of aromatic nitrogens is 4. The van der Waals surface area contributed by atoms with E-state index in [2.05, 4.69) is 81.3 Å². The Morgan fingerprint density at radius 3 is 1.78 bits per heavy atom. The predicted octanol–water partition coefficient (Wildman–Crippen LogP) is 8.03. The summed E-state index contributed by atoms with van der Waals surface area (Å²) in [4.78, 5) is 72.6. The maximum Gasteiger partial charge on any atom is 0.407 e. The van der Waals surface area contributed by atoms with Crippen LogP contribution in [0.15, 0.2) is 73.1 Å². The Hall–Kier alpha value is -6.22. The first-order chi connectivity index (χ1) is 30.8. The van der Waals surface area contributed by atoms with Gasteiger partial charge in [-0.25, -0.2) is 19.6 Å². The Morgan fingerprint density at radius 2 is 1.22 bits per heavy atom. The molecule has 4 amide bonds. The van der Waals surface area contributed by atoms with Crippen LogP contribution in [0.25, 0.3) is 44.4 Å². The van der Waals surface area contributed by atoms with Crippen molar-refractivity contribution < 1.29 is 33.4 Å². The van der Waals surface area contributed by atoms with Crippen molar-refractivity contribution in [2.24, 2.45) is 23.2 Å². The van der Waals surface area contributed by atoms with Crippen molar-refractivity contribution in [2.75, 3.05) is 41.0 Å². The number of methoxy groups -OCH3 is 3. The second-order valence-electron chi connectivity index (χ2n) is 18.5. The van der Waals surface area contributed by atoms with Gasteiger partial charge in [-0.15, -0.1) is 0 Å². The van der Waals surface area contributed by atoms with Gasteiger partial charge in [-0.05, 0) is 94.9 Å². The Kier molecular flexibility index (Phi) is 12.8. The number of amides is 4. The van der Waals surface area contributed by atoms with Crippen LogP contribution in [0, 0.1) is 23.2 Å². The fraction of sp³-hybridized carbons (Fsp3) is 0.469. The van der Waals surface area contributed by atoms with Gasteiger partial charge in [0.2, 0.25) is 11.8 Å². The van der Waals surface area contributed by atoms with Gasteiger partial charge in [0, 0.05) is 32.4 Å². The Morgan fingerprint density at radius 1 is 0.703 bits per heavy atom. The zero-order valence-corrected chi connectivity index (χ0v) is 37.8. The Balaban J connectivity index is 0.963. The molecule has 3 aromatic carbocycles. The number of fused-ring (bicyclic) bond motifs is 1. The van der Waals surface area contributed by atoms with E-state index in [4.69, 9.17) is 24.2 Å². The molecule has 0 radical (unpaired) electrons. The molecule has 1 saturated carbocycles. The zero-order chi connectivity index (χ0) is 45.3. The smallest absolute Gasteiger partial charge is 0.407 e. The van der Waals surface area contributed by atoms with Crippen LogP contribution in [0.2, 0.25) is 0 Å². The second kappa shape index (κ2) is 18.5. The highest BCUT2D eigenvalue weighted by Crippen LogP contribution is 2.58. The molecule has 3 aliphatic rings. The molecule has 15 nitrogen and oxygen atoms in total. The Bertz CT molecular complexity index is 2490. The minimum Gasteiger partial charge on any atom is -0.453 e. The molecule has 0 unspecified atom stereocenters. The number of carbonyl (C=O) groups excluding carboxylic acids is 4. The van der Waals surface area contributed by atoms with Crippen LogP contribution < -0.4 is 10.6 Å². The largest absolute Gasteiger partial charge is 0.453 e. The van der Waals surface area contributed by atoms with Crippen LogP contribution in [-0.4, -0.2) is 107 Å². The van der Waals surface area contributed by atoms with Crippen LogP contribution in [0.3, 0.4) is 0 Å². The molecule has 0 bridgehead atoms. The number of aromatic amines is 2. The molecule has 4 heterocycles. The zero-order valence-electron chi connectivity index (χ0n) is 37.8. The van der Waals surface area contributed by atoms with Gasteiger partial charge in [-0.3, -0.25) is 9.59 Å². The molecule has 15 heteroatoms. The van der Waals surface area contributed by atoms with E-state index in [0.29, 0.717) is 25.5 Å². The summed E-state index contributed by atoms with van der Waals surface area (Å²) in [5.74, 6) is 1.17. The monoisotopic (exact) mass is 872 g/mol. The minimum absolute atomic E-state index is 0.109. The third-order valence-electron chi connectivity index (χ3n) is 13.4. The standard InChI is InChI=1S/C49H60N8O7/c1-28(2)41(54-47(60)63-6)45(58)56-26-30(16-19-62-5)20-39(56)43-50-24-37(52-43)32-10-8-31(9-11-32)33-12-13-35-22-36(15-14-34(35)21-33)38-25-51-44(53-38)40-23-49(17-18-49)27-57(40)46(59)42(29(3)4)55-48(61)64-7/h8-15,21-22,24-25,28-30,39-42H,16-20,23,26-27H2,1-7H3,(H,50,52)(H,51,53)(H,54,60)(H,55,61)/t30-,39+,40+,41+,42+/m1/s1. The summed E-state index contributed by atoms with van der Waals surface area (Å²) < 4.78 is 15.0. The van der Waals surface area contributed by atoms with Gasteiger partial charge >= 0.3 is 12.2 Å². The molecule has 8 rings (SSSR count). The van der Waals surface area contributed by atoms with Crippen LogP contribution >= 0.6 is 0 Å². The normalized spacial score (nSPS) is 19.9. The molecule has 5 atom stereocenters. The third kappa shape index (κ3) is 9.21. The van der Waals surface area contributed by atoms with Crippen molar-refractivity contribution in [1.82, 2.24) is 40.4 Å². The summed E-state index contributed by atoms with van der Waals surface area (Å²) in [5, 5.41) is 7.68. The number of benzene rings is 3. The van der Waals surface area contributed by atoms with Crippen molar-refractivity contribution in [3.05, 3.63) is 84.7 Å². The first-order valence-corrected chi connectivity index (χ1v) is 22.3. The lowest BCUT2D eigenvalue weighted by Gasteiger charge is -2.30. The summed E-state index contributed by atoms with van der Waals surface area (Å²) >= 11 is 0. The predicted molar refractivity (Wildman–Crippen MR) is 243 cm³/mol. The highest BCUT2D eigenvalue weighted by Gasteiger charge is 2.55. The van der Waals surface area contributed by atoms with Crippen molar-refractivity contribution in [3.63, 3.8) is 0 Å². The number of likely N-dealkylation sites (tertiary alicyclic amines) is 2. The fourth-order valence-electron chi connectivity index (χ4n) is 9.49. The number of H-pyrrole nitrogens is 2. The maximum absolute atomic E-state index is 14.0. The molecule has 1 aliphatic carbocycles. The van der Waals surface area contributed by atoms with Crippen LogP contribution in [0.5, 0.6) is 0 Å². The minimum atomic E-state index is -0.730. The molecule has 2 aromatic heterocycles. The highest BCUT2D eigenvalue weighted by atomic mass is 16.5. The number of imidazole rings is 2. The van der Waals surface area contributed by atoms with Crippen molar-refractivity contribution in [1.29, 1.82) is 0 Å². The van der Waals surface area contributed by atoms with E-state index in [0.717, 1.165) is 82.3 Å². The first-order valence-electron chi connectivity index (χ1n) is 22.3. The molecule has 3 fully saturated rings. The summed E-state index contributed by atoms with van der Waals surface area (Å²) in [7, 11) is 4.28. The molecule has 5 aromatic rings. The lowest BCUT2D eigenvalue weighted by Crippen LogP contribution is -2.51. The molecule has 64 heavy (non-hydrogen) atoms. The van der Waals surface area contributed by atoms with Crippen molar-refractivity contribution >= 4 is 34.8 Å². The Labute approximate surface area is 374 Å². The van der Waals surface area contributed by atoms with Crippen LogP contribution in [0.1, 0.15) is 83.5 Å². The van der Waals surface area contributed by atoms with E-state index < -0.39 is 24.3 Å². The topological polar surface area (TPSA) is 184 Å². The van der Waals surface area contributed by atoms with E-state index in [9.17, 15) is 19.2 Å². The number of nitrogens with zero attached hydrogens (tertiary/aromatic N) is 4. The maximum atomic E-state index is 14.0. The first kappa shape index (κ1) is 44.4. The van der Waals surface area contributed by atoms with E-state index in [1.807, 2.05) is 49.9 Å². The van der Waals surface area contributed by atoms with E-state index >= 15 is 0 Å². The SMILES string of the molecule is COCC[C@@H]1C[C@@H](c2ncc(-c3ccc(-c4ccc5cc(-c6cnc([C@@H]7CC8(CC8)CN7C(=O)[C@@H](NC(=O)OC)C(C)C)[nH]6)ccc5c4)cc3)[nH]2)N(C(=O)[C@@H](NC(=O)OC)C(C)C)C1. The van der Waals surface area contributed by atoms with Gasteiger partial charge < -0.3 is 44.6 Å². The number of alkyl carbamates (subject to hydrolysis) is 2. The van der Waals surface area contributed by atoms with Crippen molar-refractivity contribution in [3.8, 4) is 33.6 Å². The molecule has 2 saturated heterocycles. The number of hydrogen-bond donors (Lipinski definition) is 4. The van der Waals surface area contributed by atoms with E-state index in [1.165, 1.54) is 14.2 Å². The molecule has 2 aliphatic heterocycles. The number of carbonyl (C=O) groups is 4. The van der Waals surface area contributed by atoms with E-state index in [-0.39, 0.29) is 47.1 Å². The van der Waals surface area contributed by atoms with Gasteiger partial charge in [0.1, 0.15) is 23.7 Å². The lowest BCUT2D eigenvalue weighted by molar-refractivity contribution is -0.136. The highest BCUT2D eigenvalue weighted by molar-refractivity contribution is 5.91. The summed E-state index contributed by atoms with van der Waals surface area (Å²) in [6, 6.07) is 19.3. The molecular weight excluding hydrogens is 813 g/mol. The average Bonchev–Trinajstić information content (AvgIpc) is 3.79. The van der Waals surface area contributed by atoms with Gasteiger partial charge in [-0.2, -0.15) is 0 Å². The van der Waals surface area contributed by atoms with E-state index in [1.54, 1.807) is 7.11 Å². The number of nitrogens with one attached hydrogen (secondary N) is 4. The molecule has 1 spiro atoms. The summed E-state index contributed by atoms with van der Waals surface area (Å²) in [6.45, 7) is 9.46. The molecule has 4 N–H and O–H groups in total. The van der Waals surface area contributed by atoms with Gasteiger partial charge in [0.05, 0.1) is 50.1 Å². The van der Waals surface area contributed by atoms with Crippen LogP contribution in [-0.2, 0) is 23.8 Å². The summed E-state index contributed by atoms with van der Waals surface area (Å²) in [5.41, 5.74) is 5.98. The molecule has 338 valence electrons.